The highest BCUT2D eigenvalue weighted by Crippen LogP contribution is 2.22. The second-order valence-electron chi connectivity index (χ2n) is 3.38. The summed E-state index contributed by atoms with van der Waals surface area (Å²) in [5, 5.41) is 8.12. The van der Waals surface area contributed by atoms with Crippen molar-refractivity contribution in [1.29, 1.82) is 0 Å². The summed E-state index contributed by atoms with van der Waals surface area (Å²) in [6, 6.07) is 6.63. The van der Waals surface area contributed by atoms with Crippen LogP contribution in [-0.2, 0) is 12.2 Å². The monoisotopic (exact) mass is 288 g/mol. The molecule has 0 aliphatic heterocycles. The number of benzene rings is 1. The van der Waals surface area contributed by atoms with Crippen LogP contribution < -0.4 is 18.1 Å². The highest BCUT2D eigenvalue weighted by molar-refractivity contribution is 7.98. The smallest absolute Gasteiger partial charge is 0.276 e. The summed E-state index contributed by atoms with van der Waals surface area (Å²) in [6.07, 6.45) is 0.563. The van der Waals surface area contributed by atoms with Crippen molar-refractivity contribution in [3.63, 3.8) is 0 Å². The number of halogens is 2. The van der Waals surface area contributed by atoms with Gasteiger partial charge in [-0.25, -0.2) is 4.39 Å². The van der Waals surface area contributed by atoms with Crippen LogP contribution in [0.4, 0.5) is 4.39 Å². The number of nitrogens with zero attached hydrogens (tertiary/aromatic N) is 2. The van der Waals surface area contributed by atoms with E-state index in [1.54, 1.807) is 18.2 Å². The molecule has 0 radical (unpaired) electrons. The largest absolute Gasteiger partial charge is 1.00 e. The maximum absolute atomic E-state index is 13.3. The zero-order chi connectivity index (χ0) is 12.1. The van der Waals surface area contributed by atoms with Crippen molar-refractivity contribution in [3.8, 4) is 0 Å². The Kier molecular flexibility index (Phi) is 6.11. The summed E-state index contributed by atoms with van der Waals surface area (Å²) in [5.74, 6) is 0.766. The van der Waals surface area contributed by atoms with E-state index in [0.717, 1.165) is 0 Å². The van der Waals surface area contributed by atoms with Crippen LogP contribution in [0.1, 0.15) is 11.5 Å². The number of thioether (sulfide) groups is 1. The van der Waals surface area contributed by atoms with E-state index in [2.05, 4.69) is 10.2 Å². The first-order valence-corrected chi connectivity index (χ1v) is 6.17. The minimum absolute atomic E-state index is 0. The first-order valence-electron chi connectivity index (χ1n) is 5.18. The van der Waals surface area contributed by atoms with Crippen LogP contribution in [0.5, 0.6) is 0 Å². The molecule has 98 valence electrons. The fourth-order valence-corrected chi connectivity index (χ4v) is 2.04. The molecule has 0 saturated carbocycles. The van der Waals surface area contributed by atoms with E-state index < -0.39 is 0 Å². The van der Waals surface area contributed by atoms with Gasteiger partial charge in [0.25, 0.3) is 5.22 Å². The third-order valence-corrected chi connectivity index (χ3v) is 2.98. The van der Waals surface area contributed by atoms with Crippen molar-refractivity contribution in [2.45, 2.75) is 17.4 Å². The first-order chi connectivity index (χ1) is 8.29. The molecule has 0 amide bonds. The molecule has 0 aliphatic rings. The maximum Gasteiger partial charge on any atom is 0.276 e. The Labute approximate surface area is 115 Å². The molecular weight excluding hydrogens is 277 g/mol. The lowest BCUT2D eigenvalue weighted by Gasteiger charge is -1.99. The highest BCUT2D eigenvalue weighted by atomic mass is 35.5. The van der Waals surface area contributed by atoms with Crippen LogP contribution in [0.3, 0.4) is 0 Å². The van der Waals surface area contributed by atoms with Crippen molar-refractivity contribution in [2.75, 3.05) is 6.54 Å². The predicted octanol–water partition coefficient (Wildman–Crippen LogP) is -0.994. The SMILES string of the molecule is NCCc1nnc(SCc2ccccc2F)o1.[Cl-]. The quantitative estimate of drug-likeness (QED) is 0.716. The normalized spacial score (nSPS) is 10.1. The van der Waals surface area contributed by atoms with Crippen molar-refractivity contribution >= 4 is 11.8 Å². The average Bonchev–Trinajstić information content (AvgIpc) is 2.76. The van der Waals surface area contributed by atoms with Gasteiger partial charge in [0.1, 0.15) is 5.82 Å². The zero-order valence-electron chi connectivity index (χ0n) is 9.47. The molecule has 0 fully saturated rings. The summed E-state index contributed by atoms with van der Waals surface area (Å²) in [6.45, 7) is 0.472. The molecule has 0 spiro atoms. The number of hydrogen-bond donors (Lipinski definition) is 1. The summed E-state index contributed by atoms with van der Waals surface area (Å²) >= 11 is 1.31. The van der Waals surface area contributed by atoms with Gasteiger partial charge >= 0.3 is 0 Å². The third kappa shape index (κ3) is 3.97. The van der Waals surface area contributed by atoms with Crippen LogP contribution in [-0.4, -0.2) is 16.7 Å². The standard InChI is InChI=1S/C11H12FN3OS.ClH/c12-9-4-2-1-3-8(9)7-17-11-15-14-10(16-11)5-6-13;/h1-4H,5-7,13H2;1H/p-1. The topological polar surface area (TPSA) is 64.9 Å². The van der Waals surface area contributed by atoms with E-state index in [9.17, 15) is 4.39 Å². The molecule has 1 aromatic heterocycles. The van der Waals surface area contributed by atoms with Crippen molar-refractivity contribution in [3.05, 3.63) is 41.5 Å². The second-order valence-corrected chi connectivity index (χ2v) is 4.31. The van der Waals surface area contributed by atoms with Gasteiger partial charge in [-0.1, -0.05) is 30.0 Å². The van der Waals surface area contributed by atoms with Crippen LogP contribution in [0, 0.1) is 5.82 Å². The fraction of sp³-hybridized carbons (Fsp3) is 0.273. The van der Waals surface area contributed by atoms with E-state index in [1.165, 1.54) is 17.8 Å². The van der Waals surface area contributed by atoms with E-state index in [1.807, 2.05) is 0 Å². The Morgan fingerprint density at radius 2 is 2.06 bits per heavy atom. The summed E-state index contributed by atoms with van der Waals surface area (Å²) in [7, 11) is 0. The Balaban J connectivity index is 0.00000162. The van der Waals surface area contributed by atoms with Crippen LogP contribution in [0.2, 0.25) is 0 Å². The maximum atomic E-state index is 13.3. The summed E-state index contributed by atoms with van der Waals surface area (Å²) in [4.78, 5) is 0. The number of nitrogens with two attached hydrogens (primary N) is 1. The Morgan fingerprint density at radius 3 is 2.78 bits per heavy atom. The average molecular weight is 289 g/mol. The van der Waals surface area contributed by atoms with Gasteiger partial charge in [0.05, 0.1) is 0 Å². The van der Waals surface area contributed by atoms with Gasteiger partial charge in [0.2, 0.25) is 5.89 Å². The predicted molar refractivity (Wildman–Crippen MR) is 63.0 cm³/mol. The molecular formula is C11H12ClFN3OS-. The molecule has 4 nitrogen and oxygen atoms in total. The van der Waals surface area contributed by atoms with E-state index in [-0.39, 0.29) is 18.2 Å². The second kappa shape index (κ2) is 7.35. The third-order valence-electron chi connectivity index (χ3n) is 2.12. The highest BCUT2D eigenvalue weighted by Gasteiger charge is 2.07. The Bertz CT molecular complexity index is 495. The van der Waals surface area contributed by atoms with Gasteiger partial charge in [0, 0.05) is 18.7 Å². The van der Waals surface area contributed by atoms with Gasteiger partial charge in [-0.15, -0.1) is 10.2 Å². The van der Waals surface area contributed by atoms with E-state index in [4.69, 9.17) is 10.2 Å². The lowest BCUT2D eigenvalue weighted by Crippen LogP contribution is -3.00. The molecule has 0 aliphatic carbocycles. The summed E-state index contributed by atoms with van der Waals surface area (Å²) < 4.78 is 18.6. The molecule has 18 heavy (non-hydrogen) atoms. The minimum atomic E-state index is -0.221. The number of hydrogen-bond acceptors (Lipinski definition) is 5. The molecule has 1 aromatic carbocycles. The minimum Gasteiger partial charge on any atom is -1.00 e. The van der Waals surface area contributed by atoms with Crippen LogP contribution in [0.25, 0.3) is 0 Å². The Morgan fingerprint density at radius 1 is 1.28 bits per heavy atom. The molecule has 2 rings (SSSR count). The molecule has 2 aromatic rings. The fourth-order valence-electron chi connectivity index (χ4n) is 1.28. The van der Waals surface area contributed by atoms with Crippen LogP contribution >= 0.6 is 11.8 Å². The first kappa shape index (κ1) is 14.9. The molecule has 0 saturated heterocycles. The molecule has 0 bridgehead atoms. The van der Waals surface area contributed by atoms with Gasteiger partial charge in [-0.05, 0) is 11.6 Å². The van der Waals surface area contributed by atoms with Crippen LogP contribution in [0.15, 0.2) is 33.9 Å². The van der Waals surface area contributed by atoms with Crippen molar-refractivity contribution in [1.82, 2.24) is 10.2 Å². The van der Waals surface area contributed by atoms with E-state index in [0.29, 0.717) is 35.4 Å². The lowest BCUT2D eigenvalue weighted by molar-refractivity contribution is -0.00000486. The van der Waals surface area contributed by atoms with Crippen molar-refractivity contribution < 1.29 is 21.2 Å². The molecule has 2 N–H and O–H groups in total. The van der Waals surface area contributed by atoms with E-state index >= 15 is 0 Å². The molecule has 0 unspecified atom stereocenters. The van der Waals surface area contributed by atoms with Gasteiger partial charge in [-0.2, -0.15) is 0 Å². The molecule has 1 heterocycles. The van der Waals surface area contributed by atoms with Gasteiger partial charge in [-0.3, -0.25) is 0 Å². The molecule has 0 atom stereocenters. The number of aromatic nitrogens is 2. The van der Waals surface area contributed by atoms with Gasteiger partial charge < -0.3 is 22.6 Å². The van der Waals surface area contributed by atoms with Crippen molar-refractivity contribution in [2.24, 2.45) is 5.73 Å². The zero-order valence-corrected chi connectivity index (χ0v) is 11.0. The number of rotatable bonds is 5. The Hall–Kier alpha value is -1.11. The van der Waals surface area contributed by atoms with Gasteiger partial charge in [0.15, 0.2) is 0 Å². The lowest BCUT2D eigenvalue weighted by atomic mass is 10.2. The summed E-state index contributed by atoms with van der Waals surface area (Å²) in [5.41, 5.74) is 5.99. The molecule has 7 heteroatoms.